The van der Waals surface area contributed by atoms with Crippen LogP contribution in [0.4, 0.5) is 0 Å². The van der Waals surface area contributed by atoms with Gasteiger partial charge in [0.05, 0.1) is 23.4 Å². The number of thioether (sulfide) groups is 1. The minimum Gasteiger partial charge on any atom is -0.508 e. The predicted octanol–water partition coefficient (Wildman–Crippen LogP) is 4.44. The Hall–Kier alpha value is -3.35. The van der Waals surface area contributed by atoms with Crippen LogP contribution < -0.4 is 5.73 Å². The number of nitrogens with zero attached hydrogens (tertiary/aromatic N) is 1. The van der Waals surface area contributed by atoms with Gasteiger partial charge in [-0.15, -0.1) is 0 Å². The van der Waals surface area contributed by atoms with E-state index in [2.05, 4.69) is 6.92 Å². The van der Waals surface area contributed by atoms with Crippen LogP contribution in [0.2, 0.25) is 0 Å². The van der Waals surface area contributed by atoms with E-state index in [1.807, 2.05) is 26.8 Å². The maximum Gasteiger partial charge on any atom is 0.309 e. The molecule has 268 valence electrons. The number of fused-ring (bicyclic) bond motifs is 3. The Kier molecular flexibility index (Phi) is 10.4. The summed E-state index contributed by atoms with van der Waals surface area (Å²) in [6.07, 6.45) is 4.29. The Morgan fingerprint density at radius 3 is 2.31 bits per heavy atom. The number of unbranched alkanes of at least 4 members (excludes halogenated alkanes) is 1. The minimum absolute atomic E-state index is 0.0298. The Balaban J connectivity index is 1.83. The van der Waals surface area contributed by atoms with Gasteiger partial charge < -0.3 is 30.9 Å². The number of ketones is 2. The number of amides is 1. The summed E-state index contributed by atoms with van der Waals surface area (Å²) in [5, 5.41) is 47.9. The second kappa shape index (κ2) is 13.8. The molecule has 6 N–H and O–H groups in total. The van der Waals surface area contributed by atoms with Gasteiger partial charge in [0.1, 0.15) is 28.9 Å². The van der Waals surface area contributed by atoms with Crippen LogP contribution in [-0.2, 0) is 29.3 Å². The topological polar surface area (TPSA) is 188 Å². The van der Waals surface area contributed by atoms with Crippen molar-refractivity contribution < 1.29 is 44.3 Å². The fourth-order valence-corrected chi connectivity index (χ4v) is 9.68. The molecular weight excluding hydrogens is 648 g/mol. The van der Waals surface area contributed by atoms with Crippen molar-refractivity contribution >= 4 is 41.0 Å². The van der Waals surface area contributed by atoms with E-state index >= 15 is 0 Å². The molecule has 0 spiro atoms. The number of phenolic OH excluding ortho intramolecular Hbond substituents is 1. The van der Waals surface area contributed by atoms with Crippen LogP contribution in [0, 0.1) is 17.8 Å². The summed E-state index contributed by atoms with van der Waals surface area (Å²) < 4.78 is 6.39. The van der Waals surface area contributed by atoms with Gasteiger partial charge in [-0.25, -0.2) is 0 Å². The van der Waals surface area contributed by atoms with E-state index in [1.54, 1.807) is 17.8 Å². The van der Waals surface area contributed by atoms with Gasteiger partial charge in [-0.3, -0.25) is 24.1 Å². The standard InChI is InChI=1S/C37H50N2O9S/c1-7-8-16-49-17-20-19-14-15-21(36(2,3)4)28(40)23(19)29(41)24-22(20)31(48-35(46)18-12-10-9-11-13-18)26-27(39(5)6)30(42)25(34(38)45)33(44)37(26,47)32(24)43/h14-15,18,20,22,26-27,31,40-41,44,47H,7-13,16-17H2,1-6H3,(H2,38,45)/t20?,22?,26?,27-,31?,37-/m0/s1. The number of ether oxygens (including phenoxy) is 1. The lowest BCUT2D eigenvalue weighted by Crippen LogP contribution is -2.71. The van der Waals surface area contributed by atoms with E-state index in [0.717, 1.165) is 37.9 Å². The highest BCUT2D eigenvalue weighted by molar-refractivity contribution is 7.99. The van der Waals surface area contributed by atoms with Crippen molar-refractivity contribution in [3.8, 4) is 5.75 Å². The summed E-state index contributed by atoms with van der Waals surface area (Å²) in [6, 6.07) is 2.20. The molecule has 11 nitrogen and oxygen atoms in total. The highest BCUT2D eigenvalue weighted by atomic mass is 32.2. The Morgan fingerprint density at radius 1 is 1.08 bits per heavy atom. The number of benzene rings is 1. The average Bonchev–Trinajstić information content (AvgIpc) is 3.03. The van der Waals surface area contributed by atoms with E-state index in [0.29, 0.717) is 29.7 Å². The summed E-state index contributed by atoms with van der Waals surface area (Å²) in [5.74, 6) is -8.53. The first kappa shape index (κ1) is 36.9. The number of hydrogen-bond donors (Lipinski definition) is 5. The zero-order chi connectivity index (χ0) is 36.2. The SMILES string of the molecule is CCCCSCC1c2ccc(C(C)(C)C)c(O)c2C(O)=C2C(=O)[C@]3(O)C(O)=C(C(N)=O)C(=O)[C@@H](N(C)C)C3C(OC(=O)C3CCCCC3)C21. The van der Waals surface area contributed by atoms with Gasteiger partial charge in [0.2, 0.25) is 5.78 Å². The molecule has 0 aromatic heterocycles. The molecule has 0 saturated heterocycles. The summed E-state index contributed by atoms with van der Waals surface area (Å²) in [5.41, 5.74) is 1.85. The Morgan fingerprint density at radius 2 is 1.73 bits per heavy atom. The lowest BCUT2D eigenvalue weighted by atomic mass is 9.54. The zero-order valence-corrected chi connectivity index (χ0v) is 30.1. The normalized spacial score (nSPS) is 29.1. The van der Waals surface area contributed by atoms with Gasteiger partial charge >= 0.3 is 5.97 Å². The highest BCUT2D eigenvalue weighted by Crippen LogP contribution is 2.58. The second-order valence-corrected chi connectivity index (χ2v) is 16.4. The lowest BCUT2D eigenvalue weighted by Gasteiger charge is -2.55. The summed E-state index contributed by atoms with van der Waals surface area (Å²) >= 11 is 1.61. The number of rotatable bonds is 9. The number of carbonyl (C=O) groups excluding carboxylic acids is 4. The van der Waals surface area contributed by atoms with Crippen LogP contribution in [0.5, 0.6) is 5.75 Å². The molecule has 2 saturated carbocycles. The van der Waals surface area contributed by atoms with Crippen LogP contribution in [0.1, 0.15) is 95.2 Å². The molecule has 0 aliphatic heterocycles. The number of aliphatic hydroxyl groups is 3. The number of aromatic hydroxyl groups is 1. The third-order valence-corrected chi connectivity index (χ3v) is 12.0. The molecule has 1 aromatic carbocycles. The molecule has 5 rings (SSSR count). The lowest BCUT2D eigenvalue weighted by molar-refractivity contribution is -0.188. The van der Waals surface area contributed by atoms with Crippen molar-refractivity contribution in [2.45, 2.75) is 102 Å². The van der Waals surface area contributed by atoms with Crippen LogP contribution in [0.15, 0.2) is 29.0 Å². The average molecular weight is 699 g/mol. The van der Waals surface area contributed by atoms with Crippen LogP contribution in [0.25, 0.3) is 5.76 Å². The number of primary amides is 1. The van der Waals surface area contributed by atoms with Gasteiger partial charge in [-0.2, -0.15) is 11.8 Å². The monoisotopic (exact) mass is 698 g/mol. The van der Waals surface area contributed by atoms with Crippen molar-refractivity contribution in [2.75, 3.05) is 25.6 Å². The van der Waals surface area contributed by atoms with Crippen molar-refractivity contribution in [2.24, 2.45) is 23.5 Å². The van der Waals surface area contributed by atoms with E-state index < -0.39 is 87.4 Å². The van der Waals surface area contributed by atoms with Crippen LogP contribution in [-0.4, -0.2) is 92.1 Å². The minimum atomic E-state index is -2.97. The molecule has 2 fully saturated rings. The molecule has 49 heavy (non-hydrogen) atoms. The third kappa shape index (κ3) is 6.07. The molecule has 4 aliphatic carbocycles. The molecule has 6 atom stereocenters. The zero-order valence-electron chi connectivity index (χ0n) is 29.2. The molecular formula is C37H50N2O9S. The fourth-order valence-electron chi connectivity index (χ4n) is 8.38. The summed E-state index contributed by atoms with van der Waals surface area (Å²) in [6.45, 7) is 7.77. The van der Waals surface area contributed by atoms with Crippen molar-refractivity contribution in [3.05, 3.63) is 45.7 Å². The molecule has 0 bridgehead atoms. The van der Waals surface area contributed by atoms with E-state index in [4.69, 9.17) is 10.5 Å². The second-order valence-electron chi connectivity index (χ2n) is 15.2. The molecule has 4 unspecified atom stereocenters. The van der Waals surface area contributed by atoms with Gasteiger partial charge in [0, 0.05) is 28.7 Å². The Labute approximate surface area is 292 Å². The maximum atomic E-state index is 14.9. The van der Waals surface area contributed by atoms with E-state index in [1.165, 1.54) is 19.0 Å². The van der Waals surface area contributed by atoms with Crippen molar-refractivity contribution in [1.82, 2.24) is 4.90 Å². The van der Waals surface area contributed by atoms with E-state index in [9.17, 15) is 39.6 Å². The smallest absolute Gasteiger partial charge is 0.309 e. The number of nitrogens with two attached hydrogens (primary N) is 1. The quantitative estimate of drug-likeness (QED) is 0.139. The summed E-state index contributed by atoms with van der Waals surface area (Å²) in [4.78, 5) is 56.8. The molecule has 1 aromatic rings. The van der Waals surface area contributed by atoms with Crippen molar-refractivity contribution in [1.29, 1.82) is 0 Å². The predicted molar refractivity (Wildman–Crippen MR) is 186 cm³/mol. The first-order valence-electron chi connectivity index (χ1n) is 17.3. The number of carbonyl (C=O) groups is 4. The highest BCUT2D eigenvalue weighted by Gasteiger charge is 2.70. The number of Topliss-reactive ketones (excluding diaryl/α,β-unsaturated/α-hetero) is 2. The molecule has 0 radical (unpaired) electrons. The molecule has 1 amide bonds. The Bertz CT molecular complexity index is 1600. The van der Waals surface area contributed by atoms with Gasteiger partial charge in [0.25, 0.3) is 5.91 Å². The molecule has 0 heterocycles. The molecule has 12 heteroatoms. The third-order valence-electron chi connectivity index (χ3n) is 10.8. The van der Waals surface area contributed by atoms with Gasteiger partial charge in [0.15, 0.2) is 11.4 Å². The number of phenols is 1. The van der Waals surface area contributed by atoms with Crippen LogP contribution in [0.3, 0.4) is 0 Å². The first-order valence-corrected chi connectivity index (χ1v) is 18.4. The number of hydrogen-bond acceptors (Lipinski definition) is 11. The number of likely N-dealkylation sites (N-methyl/N-ethyl adjacent to an activating group) is 1. The van der Waals surface area contributed by atoms with E-state index in [-0.39, 0.29) is 16.9 Å². The number of aliphatic hydroxyl groups excluding tert-OH is 2. The fraction of sp³-hybridized carbons (Fsp3) is 0.622. The largest absolute Gasteiger partial charge is 0.508 e. The van der Waals surface area contributed by atoms with Gasteiger partial charge in [-0.05, 0) is 50.1 Å². The first-order chi connectivity index (χ1) is 23.0. The van der Waals surface area contributed by atoms with Gasteiger partial charge in [-0.1, -0.05) is 65.5 Å². The maximum absolute atomic E-state index is 14.9. The van der Waals surface area contributed by atoms with Crippen molar-refractivity contribution in [3.63, 3.8) is 0 Å². The number of esters is 1. The van der Waals surface area contributed by atoms with Crippen LogP contribution >= 0.6 is 11.8 Å². The molecule has 4 aliphatic rings. The summed E-state index contributed by atoms with van der Waals surface area (Å²) in [7, 11) is 3.05.